The van der Waals surface area contributed by atoms with Crippen molar-refractivity contribution in [2.75, 3.05) is 13.7 Å². The van der Waals surface area contributed by atoms with E-state index in [0.29, 0.717) is 10.8 Å². The Morgan fingerprint density at radius 3 is 2.72 bits per heavy atom. The van der Waals surface area contributed by atoms with Crippen LogP contribution in [0.2, 0.25) is 0 Å². The minimum Gasteiger partial charge on any atom is -0.497 e. The molecule has 1 aromatic carbocycles. The molecule has 2 unspecified atom stereocenters. The number of thiazole rings is 1. The largest absolute Gasteiger partial charge is 0.497 e. The summed E-state index contributed by atoms with van der Waals surface area (Å²) in [6, 6.07) is 5.43. The highest BCUT2D eigenvalue weighted by Gasteiger charge is 2.23. The summed E-state index contributed by atoms with van der Waals surface area (Å²) in [6.07, 6.45) is -2.54. The van der Waals surface area contributed by atoms with Crippen LogP contribution in [0, 0.1) is 0 Å². The molecule has 8 heteroatoms. The maximum absolute atomic E-state index is 11.6. The second kappa shape index (κ2) is 7.99. The van der Waals surface area contributed by atoms with Gasteiger partial charge in [-0.3, -0.25) is 0 Å². The van der Waals surface area contributed by atoms with Crippen LogP contribution in [0.5, 0.6) is 5.75 Å². The summed E-state index contributed by atoms with van der Waals surface area (Å²) in [6.45, 7) is 5.50. The minimum atomic E-state index is -1.12. The summed E-state index contributed by atoms with van der Waals surface area (Å²) >= 11 is 1.30. The second-order valence-corrected chi connectivity index (χ2v) is 7.68. The average Bonchev–Trinajstić information content (AvgIpc) is 2.95. The number of aliphatic hydroxyl groups excluding tert-OH is 2. The number of carbonyl (C=O) groups is 1. The van der Waals surface area contributed by atoms with Crippen LogP contribution in [0.15, 0.2) is 18.2 Å². The number of rotatable bonds is 6. The Hall–Kier alpha value is -1.90. The van der Waals surface area contributed by atoms with E-state index in [-0.39, 0.29) is 13.0 Å². The van der Waals surface area contributed by atoms with Gasteiger partial charge in [0.05, 0.1) is 23.4 Å². The Bertz CT molecular complexity index is 725. The smallest absolute Gasteiger partial charge is 0.407 e. The number of hydrogen-bond donors (Lipinski definition) is 3. The van der Waals surface area contributed by atoms with Gasteiger partial charge in [0.1, 0.15) is 22.5 Å². The topological polar surface area (TPSA) is 101 Å². The van der Waals surface area contributed by atoms with Crippen LogP contribution in [0.4, 0.5) is 4.79 Å². The number of nitrogens with zero attached hydrogens (tertiary/aromatic N) is 1. The van der Waals surface area contributed by atoms with Crippen LogP contribution in [0.1, 0.15) is 38.3 Å². The second-order valence-electron chi connectivity index (χ2n) is 6.62. The first kappa shape index (κ1) is 19.4. The summed E-state index contributed by atoms with van der Waals surface area (Å²) in [5.74, 6) is 0.708. The van der Waals surface area contributed by atoms with Crippen LogP contribution in [-0.2, 0) is 4.74 Å². The fourth-order valence-electron chi connectivity index (χ4n) is 2.13. The van der Waals surface area contributed by atoms with Gasteiger partial charge in [0.25, 0.3) is 0 Å². The lowest BCUT2D eigenvalue weighted by Crippen LogP contribution is -2.34. The van der Waals surface area contributed by atoms with E-state index in [9.17, 15) is 15.0 Å². The zero-order valence-electron chi connectivity index (χ0n) is 14.8. The van der Waals surface area contributed by atoms with E-state index in [0.717, 1.165) is 10.2 Å². The van der Waals surface area contributed by atoms with Crippen LogP contribution in [-0.4, -0.2) is 46.6 Å². The molecule has 1 heterocycles. The van der Waals surface area contributed by atoms with Gasteiger partial charge in [0.2, 0.25) is 0 Å². The number of amides is 1. The van der Waals surface area contributed by atoms with Crippen molar-refractivity contribution < 1.29 is 24.5 Å². The molecule has 1 amide bonds. The standard InChI is InChI=1S/C17H24N2O5S/c1-17(2,3)24-16(22)18-8-7-12(20)14(21)15-19-11-6-5-10(23-4)9-13(11)25-15/h5-6,9,12,14,20-21H,7-8H2,1-4H3,(H,18,22). The Kier molecular flexibility index (Phi) is 6.21. The van der Waals surface area contributed by atoms with E-state index in [1.165, 1.54) is 11.3 Å². The minimum absolute atomic E-state index is 0.180. The van der Waals surface area contributed by atoms with E-state index in [1.54, 1.807) is 40.0 Å². The number of ether oxygens (including phenoxy) is 2. The lowest BCUT2D eigenvalue weighted by atomic mass is 10.1. The first-order valence-electron chi connectivity index (χ1n) is 7.97. The summed E-state index contributed by atoms with van der Waals surface area (Å²) in [4.78, 5) is 15.9. The SMILES string of the molecule is COc1ccc2nc(C(O)C(O)CCNC(=O)OC(C)(C)C)sc2c1. The van der Waals surface area contributed by atoms with Gasteiger partial charge in [-0.15, -0.1) is 11.3 Å². The molecule has 138 valence electrons. The number of nitrogens with one attached hydrogen (secondary N) is 1. The molecule has 0 radical (unpaired) electrons. The van der Waals surface area contributed by atoms with E-state index < -0.39 is 23.9 Å². The van der Waals surface area contributed by atoms with Gasteiger partial charge in [-0.05, 0) is 45.4 Å². The summed E-state index contributed by atoms with van der Waals surface area (Å²) in [7, 11) is 1.58. The summed E-state index contributed by atoms with van der Waals surface area (Å²) < 4.78 is 11.1. The van der Waals surface area contributed by atoms with Gasteiger partial charge in [-0.25, -0.2) is 9.78 Å². The van der Waals surface area contributed by atoms with Crippen molar-refractivity contribution >= 4 is 27.6 Å². The van der Waals surface area contributed by atoms with Gasteiger partial charge < -0.3 is 25.0 Å². The number of hydrogen-bond acceptors (Lipinski definition) is 7. The third-order valence-corrected chi connectivity index (χ3v) is 4.43. The molecule has 3 N–H and O–H groups in total. The fourth-order valence-corrected chi connectivity index (χ4v) is 3.18. The number of alkyl carbamates (subject to hydrolysis) is 1. The van der Waals surface area contributed by atoms with E-state index in [2.05, 4.69) is 10.3 Å². The molecular weight excluding hydrogens is 344 g/mol. The number of benzene rings is 1. The summed E-state index contributed by atoms with van der Waals surface area (Å²) in [5.41, 5.74) is 0.156. The molecule has 0 spiro atoms. The first-order chi connectivity index (χ1) is 11.7. The zero-order valence-corrected chi connectivity index (χ0v) is 15.6. The molecular formula is C17H24N2O5S. The lowest BCUT2D eigenvalue weighted by Gasteiger charge is -2.20. The molecule has 0 bridgehead atoms. The van der Waals surface area contributed by atoms with Crippen LogP contribution >= 0.6 is 11.3 Å². The highest BCUT2D eigenvalue weighted by Crippen LogP contribution is 2.31. The van der Waals surface area contributed by atoms with Crippen molar-refractivity contribution in [3.8, 4) is 5.75 Å². The molecule has 2 aromatic rings. The first-order valence-corrected chi connectivity index (χ1v) is 8.78. The van der Waals surface area contributed by atoms with E-state index >= 15 is 0 Å². The van der Waals surface area contributed by atoms with Crippen LogP contribution < -0.4 is 10.1 Å². The number of carbonyl (C=O) groups excluding carboxylic acids is 1. The van der Waals surface area contributed by atoms with Crippen molar-refractivity contribution in [2.45, 2.75) is 45.0 Å². The monoisotopic (exact) mass is 368 g/mol. The van der Waals surface area contributed by atoms with Crippen LogP contribution in [0.3, 0.4) is 0 Å². The molecule has 2 atom stereocenters. The van der Waals surface area contributed by atoms with Crippen molar-refractivity contribution in [1.82, 2.24) is 10.3 Å². The average molecular weight is 368 g/mol. The van der Waals surface area contributed by atoms with Gasteiger partial charge >= 0.3 is 6.09 Å². The van der Waals surface area contributed by atoms with Crippen molar-refractivity contribution in [1.29, 1.82) is 0 Å². The predicted octanol–water partition coefficient (Wildman–Crippen LogP) is 2.61. The molecule has 0 saturated heterocycles. The molecule has 7 nitrogen and oxygen atoms in total. The Balaban J connectivity index is 1.91. The Labute approximate surface area is 150 Å². The Morgan fingerprint density at radius 1 is 1.36 bits per heavy atom. The molecule has 2 rings (SSSR count). The quantitative estimate of drug-likeness (QED) is 0.725. The van der Waals surface area contributed by atoms with Gasteiger partial charge in [0.15, 0.2) is 0 Å². The van der Waals surface area contributed by atoms with E-state index in [1.807, 2.05) is 6.07 Å². The van der Waals surface area contributed by atoms with Crippen molar-refractivity contribution in [2.24, 2.45) is 0 Å². The van der Waals surface area contributed by atoms with Crippen LogP contribution in [0.25, 0.3) is 10.2 Å². The normalized spacial score (nSPS) is 14.2. The molecule has 0 aliphatic carbocycles. The number of aliphatic hydroxyl groups is 2. The molecule has 0 fully saturated rings. The Morgan fingerprint density at radius 2 is 2.08 bits per heavy atom. The van der Waals surface area contributed by atoms with E-state index in [4.69, 9.17) is 9.47 Å². The lowest BCUT2D eigenvalue weighted by molar-refractivity contribution is 0.0123. The third kappa shape index (κ3) is 5.55. The van der Waals surface area contributed by atoms with Gasteiger partial charge in [0, 0.05) is 6.54 Å². The van der Waals surface area contributed by atoms with Gasteiger partial charge in [-0.2, -0.15) is 0 Å². The highest BCUT2D eigenvalue weighted by atomic mass is 32.1. The van der Waals surface area contributed by atoms with Crippen molar-refractivity contribution in [3.05, 3.63) is 23.2 Å². The maximum atomic E-state index is 11.6. The molecule has 0 aliphatic heterocycles. The zero-order chi connectivity index (χ0) is 18.6. The van der Waals surface area contributed by atoms with Gasteiger partial charge in [-0.1, -0.05) is 0 Å². The summed E-state index contributed by atoms with van der Waals surface area (Å²) in [5, 5.41) is 23.4. The highest BCUT2D eigenvalue weighted by molar-refractivity contribution is 7.18. The fraction of sp³-hybridized carbons (Fsp3) is 0.529. The molecule has 0 aliphatic rings. The molecule has 25 heavy (non-hydrogen) atoms. The molecule has 0 saturated carbocycles. The predicted molar refractivity (Wildman–Crippen MR) is 96.0 cm³/mol. The third-order valence-electron chi connectivity index (χ3n) is 3.34. The molecule has 1 aromatic heterocycles. The number of methoxy groups -OCH3 is 1. The number of fused-ring (bicyclic) bond motifs is 1. The number of aromatic nitrogens is 1. The maximum Gasteiger partial charge on any atom is 0.407 e. The van der Waals surface area contributed by atoms with Crippen molar-refractivity contribution in [3.63, 3.8) is 0 Å².